The number of hydrogen-bond acceptors (Lipinski definition) is 3. The summed E-state index contributed by atoms with van der Waals surface area (Å²) < 4.78 is 5.90. The predicted octanol–water partition coefficient (Wildman–Crippen LogP) is 5.57. The fourth-order valence-corrected chi connectivity index (χ4v) is 2.33. The Bertz CT molecular complexity index is 778. The molecule has 0 atom stereocenters. The van der Waals surface area contributed by atoms with Crippen molar-refractivity contribution in [2.24, 2.45) is 0 Å². The van der Waals surface area contributed by atoms with Gasteiger partial charge in [-0.15, -0.1) is 0 Å². The Hall–Kier alpha value is -1.56. The molecule has 0 aliphatic rings. The molecule has 0 amide bonds. The van der Waals surface area contributed by atoms with E-state index in [0.717, 1.165) is 29.0 Å². The van der Waals surface area contributed by atoms with Crippen LogP contribution in [-0.4, -0.2) is 4.98 Å². The monoisotopic (exact) mass is 480 g/mol. The van der Waals surface area contributed by atoms with Crippen LogP contribution in [-0.2, 0) is 19.2 Å². The van der Waals surface area contributed by atoms with Gasteiger partial charge in [-0.05, 0) is 53.9 Å². The molecule has 0 radical (unpaired) electrons. The van der Waals surface area contributed by atoms with Crippen LogP contribution < -0.4 is 10.5 Å². The molecule has 0 saturated heterocycles. The number of nitrogen functional groups attached to an aromatic ring is 1. The number of ether oxygens (including phenoxy) is 1. The molecule has 1 heterocycles. The van der Waals surface area contributed by atoms with Crippen LogP contribution >= 0.6 is 20.3 Å². The van der Waals surface area contributed by atoms with Crippen LogP contribution in [0.2, 0.25) is 0 Å². The van der Waals surface area contributed by atoms with E-state index in [0.29, 0.717) is 5.82 Å². The SMILES string of the molecule is CCc1cccc(Oc2ccc(-c3cccnc3N)cc2)c1.[Cu][I]. The van der Waals surface area contributed by atoms with Crippen LogP contribution in [0.25, 0.3) is 11.1 Å². The van der Waals surface area contributed by atoms with E-state index in [4.69, 9.17) is 10.5 Å². The number of nitrogens with zero attached hydrogens (tertiary/aromatic N) is 1. The first kappa shape index (κ1) is 18.8. The predicted molar refractivity (Wildman–Crippen MR) is 104 cm³/mol. The van der Waals surface area contributed by atoms with Crippen molar-refractivity contribution in [1.29, 1.82) is 0 Å². The van der Waals surface area contributed by atoms with Crippen molar-refractivity contribution < 1.29 is 17.5 Å². The number of hydrogen-bond donors (Lipinski definition) is 1. The Kier molecular flexibility index (Phi) is 7.56. The fourth-order valence-electron chi connectivity index (χ4n) is 2.33. The van der Waals surface area contributed by atoms with Crippen molar-refractivity contribution in [2.45, 2.75) is 13.3 Å². The number of rotatable bonds is 4. The molecular formula is C19H18CuIN2O. The number of aromatic nitrogens is 1. The number of halogens is 1. The van der Waals surface area contributed by atoms with Gasteiger partial charge in [0.25, 0.3) is 0 Å². The van der Waals surface area contributed by atoms with Crippen molar-refractivity contribution in [3.8, 4) is 22.6 Å². The molecule has 1 aromatic heterocycles. The van der Waals surface area contributed by atoms with E-state index < -0.39 is 0 Å². The molecule has 3 nitrogen and oxygen atoms in total. The molecule has 0 bridgehead atoms. The van der Waals surface area contributed by atoms with Gasteiger partial charge in [-0.1, -0.05) is 31.2 Å². The summed E-state index contributed by atoms with van der Waals surface area (Å²) in [5, 5.41) is 0. The summed E-state index contributed by atoms with van der Waals surface area (Å²) in [4.78, 5) is 4.11. The van der Waals surface area contributed by atoms with Crippen LogP contribution in [0, 0.1) is 0 Å². The van der Waals surface area contributed by atoms with Crippen molar-refractivity contribution >= 4 is 26.2 Å². The molecule has 0 aliphatic carbocycles. The number of anilines is 1. The Balaban J connectivity index is 0.00000100. The Morgan fingerprint density at radius 2 is 1.75 bits per heavy atom. The quantitative estimate of drug-likeness (QED) is 0.392. The van der Waals surface area contributed by atoms with E-state index >= 15 is 0 Å². The van der Waals surface area contributed by atoms with E-state index in [2.05, 4.69) is 36.8 Å². The van der Waals surface area contributed by atoms with Crippen LogP contribution in [0.1, 0.15) is 12.5 Å². The first-order valence-electron chi connectivity index (χ1n) is 7.45. The standard InChI is InChI=1S/C19H18N2O.Cu.HI/c1-2-14-5-3-6-17(13-14)22-16-10-8-15(9-11-16)18-7-4-12-21-19(18)20;;/h3-13H,2H2,1H3,(H2,20,21);;1H/q;+1;/p-1. The Morgan fingerprint density at radius 1 is 1.00 bits per heavy atom. The fraction of sp³-hybridized carbons (Fsp3) is 0.105. The van der Waals surface area contributed by atoms with E-state index in [1.165, 1.54) is 5.56 Å². The van der Waals surface area contributed by atoms with E-state index in [-0.39, 0.29) is 0 Å². The van der Waals surface area contributed by atoms with Crippen molar-refractivity contribution in [3.05, 3.63) is 72.4 Å². The molecule has 5 heteroatoms. The third-order valence-corrected chi connectivity index (χ3v) is 3.55. The van der Waals surface area contributed by atoms with Crippen molar-refractivity contribution in [2.75, 3.05) is 5.73 Å². The summed E-state index contributed by atoms with van der Waals surface area (Å²) in [6, 6.07) is 19.9. The van der Waals surface area contributed by atoms with Gasteiger partial charge < -0.3 is 10.5 Å². The van der Waals surface area contributed by atoms with Gasteiger partial charge in [-0.25, -0.2) is 4.98 Å². The minimum atomic E-state index is 0.534. The molecule has 24 heavy (non-hydrogen) atoms. The third kappa shape index (κ3) is 4.97. The summed E-state index contributed by atoms with van der Waals surface area (Å²) in [5.74, 6) is 2.19. The van der Waals surface area contributed by atoms with Crippen LogP contribution in [0.5, 0.6) is 11.5 Å². The number of aryl methyl sites for hydroxylation is 1. The minimum absolute atomic E-state index is 0.534. The third-order valence-electron chi connectivity index (χ3n) is 3.55. The summed E-state index contributed by atoms with van der Waals surface area (Å²) >= 11 is 5.87. The Labute approximate surface area is 162 Å². The maximum atomic E-state index is 5.90. The summed E-state index contributed by atoms with van der Waals surface area (Å²) in [7, 11) is 0. The van der Waals surface area contributed by atoms with E-state index in [9.17, 15) is 0 Å². The van der Waals surface area contributed by atoms with Crippen LogP contribution in [0.4, 0.5) is 5.82 Å². The van der Waals surface area contributed by atoms with Crippen LogP contribution in [0.15, 0.2) is 66.9 Å². The number of nitrogens with two attached hydrogens (primary N) is 1. The Morgan fingerprint density at radius 3 is 2.42 bits per heavy atom. The molecule has 2 N–H and O–H groups in total. The summed E-state index contributed by atoms with van der Waals surface area (Å²) in [5.41, 5.74) is 9.13. The molecule has 0 saturated carbocycles. The molecule has 0 spiro atoms. The topological polar surface area (TPSA) is 48.1 Å². The summed E-state index contributed by atoms with van der Waals surface area (Å²) in [6.07, 6.45) is 2.69. The number of pyridine rings is 1. The van der Waals surface area contributed by atoms with Crippen molar-refractivity contribution in [3.63, 3.8) is 0 Å². The molecule has 128 valence electrons. The maximum absolute atomic E-state index is 5.90. The molecule has 0 fully saturated rings. The van der Waals surface area contributed by atoms with Gasteiger partial charge in [0.1, 0.15) is 17.3 Å². The average molecular weight is 481 g/mol. The number of benzene rings is 2. The second kappa shape index (κ2) is 9.67. The first-order valence-corrected chi connectivity index (χ1v) is 10.5. The molecule has 3 rings (SSSR count). The van der Waals surface area contributed by atoms with Gasteiger partial charge >= 0.3 is 33.1 Å². The second-order valence-electron chi connectivity index (χ2n) is 5.06. The zero-order valence-corrected chi connectivity index (χ0v) is 16.3. The average Bonchev–Trinajstić information content (AvgIpc) is 2.65. The molecule has 2 aromatic carbocycles. The molecule has 3 aromatic rings. The zero-order valence-electron chi connectivity index (χ0n) is 13.2. The second-order valence-corrected chi connectivity index (χ2v) is 5.06. The van der Waals surface area contributed by atoms with Crippen LogP contribution in [0.3, 0.4) is 0 Å². The van der Waals surface area contributed by atoms with E-state index in [1.54, 1.807) is 26.5 Å². The van der Waals surface area contributed by atoms with Gasteiger partial charge in [0.05, 0.1) is 0 Å². The van der Waals surface area contributed by atoms with Gasteiger partial charge in [0.15, 0.2) is 0 Å². The molecular weight excluding hydrogens is 463 g/mol. The van der Waals surface area contributed by atoms with Gasteiger partial charge in [0.2, 0.25) is 0 Å². The van der Waals surface area contributed by atoms with Gasteiger partial charge in [-0.3, -0.25) is 0 Å². The molecule has 0 aliphatic heterocycles. The van der Waals surface area contributed by atoms with E-state index in [1.807, 2.05) is 48.5 Å². The van der Waals surface area contributed by atoms with Gasteiger partial charge in [-0.2, -0.15) is 0 Å². The zero-order chi connectivity index (χ0) is 17.4. The van der Waals surface area contributed by atoms with Crippen molar-refractivity contribution in [1.82, 2.24) is 4.98 Å². The van der Waals surface area contributed by atoms with Gasteiger partial charge in [0, 0.05) is 11.8 Å². The molecule has 0 unspecified atom stereocenters. The summed E-state index contributed by atoms with van der Waals surface area (Å²) in [6.45, 7) is 2.13. The normalized spacial score (nSPS) is 9.83. The first-order chi connectivity index (χ1) is 11.8.